The van der Waals surface area contributed by atoms with Crippen molar-refractivity contribution in [1.29, 1.82) is 0 Å². The van der Waals surface area contributed by atoms with Crippen LogP contribution < -0.4 is 9.47 Å². The Morgan fingerprint density at radius 2 is 2.21 bits per heavy atom. The lowest BCUT2D eigenvalue weighted by atomic mass is 10.2. The number of hydrogen-bond acceptors (Lipinski definition) is 7. The standard InChI is InChI=1S/C19H16N4O3S2/c1-24-17-10-13(6-7-15(17)26-12-14-4-3-9-28-14)11-20-23-18(21-22-19(23)27)16-5-2-8-25-16/h2-11H,12H2,1H3,(H,22,27)/b20-11-. The molecule has 3 heterocycles. The second-order valence-electron chi connectivity index (χ2n) is 5.66. The predicted octanol–water partition coefficient (Wildman–Crippen LogP) is 4.73. The van der Waals surface area contributed by atoms with Crippen LogP contribution in [0.4, 0.5) is 0 Å². The zero-order chi connectivity index (χ0) is 19.3. The second kappa shape index (κ2) is 8.24. The maximum absolute atomic E-state index is 5.86. The molecule has 142 valence electrons. The van der Waals surface area contributed by atoms with E-state index in [0.717, 1.165) is 10.4 Å². The monoisotopic (exact) mass is 412 g/mol. The molecule has 4 aromatic rings. The van der Waals surface area contributed by atoms with E-state index in [1.54, 1.807) is 43.1 Å². The molecule has 9 heteroatoms. The van der Waals surface area contributed by atoms with E-state index in [0.29, 0.717) is 34.5 Å². The third-order valence-corrected chi connectivity index (χ3v) is 4.97. The third kappa shape index (κ3) is 3.90. The minimum Gasteiger partial charge on any atom is -0.493 e. The van der Waals surface area contributed by atoms with E-state index in [1.807, 2.05) is 35.7 Å². The minimum absolute atomic E-state index is 0.366. The van der Waals surface area contributed by atoms with Crippen molar-refractivity contribution in [2.45, 2.75) is 6.61 Å². The van der Waals surface area contributed by atoms with Crippen LogP contribution in [0, 0.1) is 4.77 Å². The molecule has 1 N–H and O–H groups in total. The van der Waals surface area contributed by atoms with Gasteiger partial charge in [-0.25, -0.2) is 5.10 Å². The third-order valence-electron chi connectivity index (χ3n) is 3.85. The molecule has 0 saturated carbocycles. The number of benzene rings is 1. The lowest BCUT2D eigenvalue weighted by Gasteiger charge is -2.10. The van der Waals surface area contributed by atoms with E-state index in [-0.39, 0.29) is 0 Å². The quantitative estimate of drug-likeness (QED) is 0.351. The van der Waals surface area contributed by atoms with Gasteiger partial charge >= 0.3 is 0 Å². The van der Waals surface area contributed by atoms with Crippen molar-refractivity contribution in [3.8, 4) is 23.1 Å². The molecule has 0 amide bonds. The number of H-pyrrole nitrogens is 1. The van der Waals surface area contributed by atoms with E-state index in [9.17, 15) is 0 Å². The maximum atomic E-state index is 5.86. The first-order valence-corrected chi connectivity index (χ1v) is 9.62. The number of nitrogens with one attached hydrogen (secondary N) is 1. The summed E-state index contributed by atoms with van der Waals surface area (Å²) < 4.78 is 18.6. The summed E-state index contributed by atoms with van der Waals surface area (Å²) in [5.41, 5.74) is 0.828. The number of hydrogen-bond donors (Lipinski definition) is 1. The summed E-state index contributed by atoms with van der Waals surface area (Å²) in [5, 5.41) is 13.3. The average molecular weight is 412 g/mol. The number of methoxy groups -OCH3 is 1. The highest BCUT2D eigenvalue weighted by molar-refractivity contribution is 7.71. The highest BCUT2D eigenvalue weighted by Crippen LogP contribution is 2.29. The van der Waals surface area contributed by atoms with Crippen LogP contribution in [-0.2, 0) is 6.61 Å². The molecule has 0 bridgehead atoms. The first kappa shape index (κ1) is 18.2. The summed E-state index contributed by atoms with van der Waals surface area (Å²) in [6, 6.07) is 13.2. The largest absolute Gasteiger partial charge is 0.493 e. The lowest BCUT2D eigenvalue weighted by Crippen LogP contribution is -1.98. The summed E-state index contributed by atoms with van der Waals surface area (Å²) in [6.07, 6.45) is 3.24. The molecule has 1 aromatic carbocycles. The zero-order valence-corrected chi connectivity index (χ0v) is 16.5. The maximum Gasteiger partial charge on any atom is 0.219 e. The molecule has 0 aliphatic rings. The Bertz CT molecular complexity index is 1130. The lowest BCUT2D eigenvalue weighted by molar-refractivity contribution is 0.287. The van der Waals surface area contributed by atoms with Crippen LogP contribution in [0.2, 0.25) is 0 Å². The first-order valence-electron chi connectivity index (χ1n) is 8.33. The molecule has 28 heavy (non-hydrogen) atoms. The second-order valence-corrected chi connectivity index (χ2v) is 7.08. The van der Waals surface area contributed by atoms with Crippen LogP contribution >= 0.6 is 23.6 Å². The van der Waals surface area contributed by atoms with E-state index in [2.05, 4.69) is 15.3 Å². The Balaban J connectivity index is 1.55. The van der Waals surface area contributed by atoms with Gasteiger partial charge in [0.1, 0.15) is 6.61 Å². The van der Waals surface area contributed by atoms with Crippen molar-refractivity contribution >= 4 is 29.8 Å². The number of ether oxygens (including phenoxy) is 2. The van der Waals surface area contributed by atoms with Gasteiger partial charge in [-0.15, -0.1) is 16.4 Å². The van der Waals surface area contributed by atoms with Crippen molar-refractivity contribution in [2.75, 3.05) is 7.11 Å². The Hall–Kier alpha value is -3.17. The molecular formula is C19H16N4O3S2. The van der Waals surface area contributed by atoms with Gasteiger partial charge in [0.25, 0.3) is 0 Å². The van der Waals surface area contributed by atoms with Gasteiger partial charge < -0.3 is 13.9 Å². The van der Waals surface area contributed by atoms with Gasteiger partial charge in [0, 0.05) is 4.88 Å². The molecule has 0 radical (unpaired) electrons. The number of aromatic nitrogens is 3. The van der Waals surface area contributed by atoms with Crippen molar-refractivity contribution in [1.82, 2.24) is 14.9 Å². The van der Waals surface area contributed by atoms with Gasteiger partial charge in [-0.3, -0.25) is 0 Å². The van der Waals surface area contributed by atoms with E-state index >= 15 is 0 Å². The molecule has 0 unspecified atom stereocenters. The van der Waals surface area contributed by atoms with Gasteiger partial charge in [-0.2, -0.15) is 9.78 Å². The van der Waals surface area contributed by atoms with Crippen LogP contribution in [0.25, 0.3) is 11.6 Å². The fraction of sp³-hybridized carbons (Fsp3) is 0.105. The molecule has 7 nitrogen and oxygen atoms in total. The van der Waals surface area contributed by atoms with Crippen LogP contribution in [-0.4, -0.2) is 28.2 Å². The van der Waals surface area contributed by atoms with Crippen LogP contribution in [0.1, 0.15) is 10.4 Å². The van der Waals surface area contributed by atoms with Gasteiger partial charge in [0.2, 0.25) is 10.6 Å². The van der Waals surface area contributed by atoms with Crippen LogP contribution in [0.5, 0.6) is 11.5 Å². The van der Waals surface area contributed by atoms with E-state index < -0.39 is 0 Å². The number of nitrogens with zero attached hydrogens (tertiary/aromatic N) is 3. The molecule has 0 fully saturated rings. The van der Waals surface area contributed by atoms with Crippen LogP contribution in [0.15, 0.2) is 63.6 Å². The fourth-order valence-corrected chi connectivity index (χ4v) is 3.31. The van der Waals surface area contributed by atoms with Crippen molar-refractivity contribution in [2.24, 2.45) is 5.10 Å². The van der Waals surface area contributed by atoms with Gasteiger partial charge in [0.15, 0.2) is 17.3 Å². The van der Waals surface area contributed by atoms with Gasteiger partial charge in [0.05, 0.1) is 19.6 Å². The summed E-state index contributed by atoms with van der Waals surface area (Å²) in [7, 11) is 1.61. The van der Waals surface area contributed by atoms with E-state index in [1.165, 1.54) is 4.68 Å². The number of furan rings is 1. The SMILES string of the molecule is COc1cc(/C=N\n2c(-c3ccco3)n[nH]c2=S)ccc1OCc1cccs1. The normalized spacial score (nSPS) is 11.2. The minimum atomic E-state index is 0.366. The topological polar surface area (TPSA) is 77.6 Å². The first-order chi connectivity index (χ1) is 13.7. The van der Waals surface area contributed by atoms with E-state index in [4.69, 9.17) is 26.1 Å². The molecule has 0 saturated heterocycles. The molecule has 0 aliphatic carbocycles. The molecule has 0 atom stereocenters. The number of thiophene rings is 1. The number of aromatic amines is 1. The predicted molar refractivity (Wildman–Crippen MR) is 110 cm³/mol. The zero-order valence-electron chi connectivity index (χ0n) is 14.9. The average Bonchev–Trinajstić information content (AvgIpc) is 3.47. The Morgan fingerprint density at radius 3 is 2.96 bits per heavy atom. The summed E-state index contributed by atoms with van der Waals surface area (Å²) in [4.78, 5) is 1.15. The van der Waals surface area contributed by atoms with Crippen molar-refractivity contribution in [3.63, 3.8) is 0 Å². The number of rotatable bonds is 7. The molecule has 0 spiro atoms. The summed E-state index contributed by atoms with van der Waals surface area (Å²) >= 11 is 6.90. The highest BCUT2D eigenvalue weighted by atomic mass is 32.1. The summed E-state index contributed by atoms with van der Waals surface area (Å²) in [5.74, 6) is 2.36. The Morgan fingerprint density at radius 1 is 1.29 bits per heavy atom. The van der Waals surface area contributed by atoms with Crippen LogP contribution in [0.3, 0.4) is 0 Å². The smallest absolute Gasteiger partial charge is 0.219 e. The Labute approximate surface area is 169 Å². The molecular weight excluding hydrogens is 396 g/mol. The summed E-state index contributed by atoms with van der Waals surface area (Å²) in [6.45, 7) is 0.498. The van der Waals surface area contributed by atoms with Gasteiger partial charge in [-0.1, -0.05) is 6.07 Å². The Kier molecular flexibility index (Phi) is 5.36. The fourth-order valence-electron chi connectivity index (χ4n) is 2.52. The molecule has 4 rings (SSSR count). The molecule has 0 aliphatic heterocycles. The van der Waals surface area contributed by atoms with Crippen molar-refractivity contribution in [3.05, 3.63) is 69.3 Å². The van der Waals surface area contributed by atoms with Gasteiger partial charge in [-0.05, 0) is 59.6 Å². The van der Waals surface area contributed by atoms with Crippen molar-refractivity contribution < 1.29 is 13.9 Å². The molecule has 3 aromatic heterocycles. The highest BCUT2D eigenvalue weighted by Gasteiger charge is 2.11.